The van der Waals surface area contributed by atoms with Gasteiger partial charge in [0.25, 0.3) is 5.91 Å². The lowest BCUT2D eigenvalue weighted by molar-refractivity contribution is 0.0984. The van der Waals surface area contributed by atoms with Crippen molar-refractivity contribution in [1.29, 1.82) is 0 Å². The summed E-state index contributed by atoms with van der Waals surface area (Å²) in [6.07, 6.45) is 1.74. The predicted octanol–water partition coefficient (Wildman–Crippen LogP) is 4.85. The van der Waals surface area contributed by atoms with Crippen molar-refractivity contribution in [2.24, 2.45) is 0 Å². The van der Waals surface area contributed by atoms with E-state index in [2.05, 4.69) is 9.97 Å². The number of benzene rings is 2. The first kappa shape index (κ1) is 16.4. The van der Waals surface area contributed by atoms with Crippen LogP contribution in [-0.4, -0.2) is 15.9 Å². The topological polar surface area (TPSA) is 46.1 Å². The maximum absolute atomic E-state index is 13.3. The molecule has 4 aromatic rings. The third-order valence-electron chi connectivity index (χ3n) is 4.18. The summed E-state index contributed by atoms with van der Waals surface area (Å²) >= 11 is 1.52. The summed E-state index contributed by atoms with van der Waals surface area (Å²) in [5.41, 5.74) is 3.36. The van der Waals surface area contributed by atoms with E-state index in [0.29, 0.717) is 17.2 Å². The second-order valence-electron chi connectivity index (χ2n) is 5.99. The molecule has 0 radical (unpaired) electrons. The van der Waals surface area contributed by atoms with Crippen molar-refractivity contribution in [2.75, 3.05) is 4.90 Å². The molecule has 0 aliphatic rings. The summed E-state index contributed by atoms with van der Waals surface area (Å²) in [6, 6.07) is 21.3. The molecule has 0 unspecified atom stereocenters. The van der Waals surface area contributed by atoms with Gasteiger partial charge in [-0.15, -0.1) is 0 Å². The van der Waals surface area contributed by atoms with Crippen LogP contribution >= 0.6 is 11.3 Å². The first-order valence-corrected chi connectivity index (χ1v) is 9.17. The Hall–Kier alpha value is -3.05. The maximum Gasteiger partial charge on any atom is 0.260 e. The number of nitrogens with zero attached hydrogens (tertiary/aromatic N) is 3. The number of para-hydroxylation sites is 1. The van der Waals surface area contributed by atoms with Crippen LogP contribution < -0.4 is 4.90 Å². The van der Waals surface area contributed by atoms with Crippen LogP contribution in [0.3, 0.4) is 0 Å². The summed E-state index contributed by atoms with van der Waals surface area (Å²) in [6.45, 7) is 2.33. The van der Waals surface area contributed by atoms with Gasteiger partial charge in [0, 0.05) is 11.8 Å². The Kier molecular flexibility index (Phi) is 4.46. The van der Waals surface area contributed by atoms with Crippen molar-refractivity contribution in [1.82, 2.24) is 9.97 Å². The largest absolute Gasteiger partial charge is 0.278 e. The number of carbonyl (C=O) groups is 1. The lowest BCUT2D eigenvalue weighted by Crippen LogP contribution is -2.31. The fourth-order valence-electron chi connectivity index (χ4n) is 2.81. The average Bonchev–Trinajstić information content (AvgIpc) is 3.10. The molecule has 0 spiro atoms. The number of fused-ring (bicyclic) bond motifs is 1. The second kappa shape index (κ2) is 7.06. The number of aryl methyl sites for hydroxylation is 1. The third kappa shape index (κ3) is 3.21. The number of anilines is 1. The zero-order chi connectivity index (χ0) is 17.9. The third-order valence-corrected chi connectivity index (χ3v) is 5.24. The van der Waals surface area contributed by atoms with Crippen LogP contribution in [0.4, 0.5) is 5.13 Å². The van der Waals surface area contributed by atoms with Gasteiger partial charge in [0.1, 0.15) is 0 Å². The molecule has 4 rings (SSSR count). The molecule has 0 aliphatic carbocycles. The van der Waals surface area contributed by atoms with Gasteiger partial charge in [-0.1, -0.05) is 47.7 Å². The minimum absolute atomic E-state index is 0.0622. The summed E-state index contributed by atoms with van der Waals surface area (Å²) in [5, 5.41) is 0.685. The molecule has 0 bridgehead atoms. The molecule has 1 amide bonds. The van der Waals surface area contributed by atoms with Crippen LogP contribution in [0.15, 0.2) is 72.9 Å². The maximum atomic E-state index is 13.3. The zero-order valence-corrected chi connectivity index (χ0v) is 15.1. The molecule has 4 nitrogen and oxygen atoms in total. The number of aromatic nitrogens is 2. The molecule has 2 aromatic heterocycles. The Morgan fingerprint density at radius 2 is 1.77 bits per heavy atom. The molecule has 26 heavy (non-hydrogen) atoms. The Morgan fingerprint density at radius 3 is 2.54 bits per heavy atom. The molecule has 128 valence electrons. The number of hydrogen-bond donors (Lipinski definition) is 0. The highest BCUT2D eigenvalue weighted by Gasteiger charge is 2.23. The van der Waals surface area contributed by atoms with Gasteiger partial charge < -0.3 is 0 Å². The quantitative estimate of drug-likeness (QED) is 0.523. The van der Waals surface area contributed by atoms with Gasteiger partial charge in [-0.25, -0.2) is 4.98 Å². The monoisotopic (exact) mass is 359 g/mol. The first-order chi connectivity index (χ1) is 12.7. The van der Waals surface area contributed by atoms with E-state index in [-0.39, 0.29) is 5.91 Å². The Bertz CT molecular complexity index is 1030. The van der Waals surface area contributed by atoms with E-state index in [1.807, 2.05) is 73.7 Å². The summed E-state index contributed by atoms with van der Waals surface area (Å²) in [7, 11) is 0. The fourth-order valence-corrected chi connectivity index (χ4v) is 3.78. The van der Waals surface area contributed by atoms with Crippen molar-refractivity contribution in [2.45, 2.75) is 13.5 Å². The minimum atomic E-state index is -0.0622. The highest BCUT2D eigenvalue weighted by molar-refractivity contribution is 7.22. The van der Waals surface area contributed by atoms with E-state index in [1.54, 1.807) is 11.1 Å². The molecule has 0 saturated heterocycles. The van der Waals surface area contributed by atoms with E-state index in [9.17, 15) is 4.79 Å². The van der Waals surface area contributed by atoms with E-state index in [0.717, 1.165) is 21.5 Å². The van der Waals surface area contributed by atoms with E-state index < -0.39 is 0 Å². The summed E-state index contributed by atoms with van der Waals surface area (Å²) in [5.74, 6) is -0.0622. The van der Waals surface area contributed by atoms with Gasteiger partial charge >= 0.3 is 0 Å². The average molecular weight is 359 g/mol. The van der Waals surface area contributed by atoms with Crippen molar-refractivity contribution >= 4 is 32.6 Å². The number of amides is 1. The van der Waals surface area contributed by atoms with Crippen LogP contribution in [0.5, 0.6) is 0 Å². The molecule has 0 atom stereocenters. The van der Waals surface area contributed by atoms with Crippen molar-refractivity contribution < 1.29 is 4.79 Å². The lowest BCUT2D eigenvalue weighted by atomic mass is 10.1. The molecule has 2 heterocycles. The predicted molar refractivity (Wildman–Crippen MR) is 106 cm³/mol. The second-order valence-corrected chi connectivity index (χ2v) is 7.00. The van der Waals surface area contributed by atoms with Crippen molar-refractivity contribution in [3.05, 3.63) is 89.7 Å². The smallest absolute Gasteiger partial charge is 0.260 e. The summed E-state index contributed by atoms with van der Waals surface area (Å²) < 4.78 is 1.06. The SMILES string of the molecule is Cc1ccccc1C(=O)N(Cc1ccccn1)c1nc2ccccc2s1. The molecular weight excluding hydrogens is 342 g/mol. The molecule has 0 N–H and O–H groups in total. The van der Waals surface area contributed by atoms with Crippen LogP contribution in [-0.2, 0) is 6.54 Å². The standard InChI is InChI=1S/C21H17N3OS/c1-15-8-2-3-10-17(15)20(25)24(14-16-9-6-7-13-22-16)21-23-18-11-4-5-12-19(18)26-21/h2-13H,14H2,1H3. The fraction of sp³-hybridized carbons (Fsp3) is 0.0952. The molecule has 0 saturated carbocycles. The minimum Gasteiger partial charge on any atom is -0.278 e. The van der Waals surface area contributed by atoms with Gasteiger partial charge in [0.05, 0.1) is 22.5 Å². The van der Waals surface area contributed by atoms with E-state index >= 15 is 0 Å². The lowest BCUT2D eigenvalue weighted by Gasteiger charge is -2.20. The number of pyridine rings is 1. The van der Waals surface area contributed by atoms with Crippen LogP contribution in [0, 0.1) is 6.92 Å². The number of hydrogen-bond acceptors (Lipinski definition) is 4. The Morgan fingerprint density at radius 1 is 1.00 bits per heavy atom. The normalized spacial score (nSPS) is 10.8. The Balaban J connectivity index is 1.78. The van der Waals surface area contributed by atoms with Gasteiger partial charge in [0.2, 0.25) is 0 Å². The van der Waals surface area contributed by atoms with Gasteiger partial charge in [0.15, 0.2) is 5.13 Å². The molecule has 2 aromatic carbocycles. The molecular formula is C21H17N3OS. The Labute approximate surface area is 155 Å². The van der Waals surface area contributed by atoms with E-state index in [1.165, 1.54) is 11.3 Å². The number of thiazole rings is 1. The summed E-state index contributed by atoms with van der Waals surface area (Å²) in [4.78, 5) is 24.1. The molecule has 0 aliphatic heterocycles. The van der Waals surface area contributed by atoms with Crippen LogP contribution in [0.1, 0.15) is 21.6 Å². The van der Waals surface area contributed by atoms with Gasteiger partial charge in [-0.2, -0.15) is 0 Å². The van der Waals surface area contributed by atoms with Crippen molar-refractivity contribution in [3.63, 3.8) is 0 Å². The molecule has 5 heteroatoms. The van der Waals surface area contributed by atoms with E-state index in [4.69, 9.17) is 0 Å². The number of rotatable bonds is 4. The van der Waals surface area contributed by atoms with Gasteiger partial charge in [-0.3, -0.25) is 14.7 Å². The first-order valence-electron chi connectivity index (χ1n) is 8.35. The highest BCUT2D eigenvalue weighted by atomic mass is 32.1. The highest BCUT2D eigenvalue weighted by Crippen LogP contribution is 2.30. The van der Waals surface area contributed by atoms with Crippen LogP contribution in [0.2, 0.25) is 0 Å². The van der Waals surface area contributed by atoms with Gasteiger partial charge in [-0.05, 0) is 42.8 Å². The molecule has 0 fully saturated rings. The number of carbonyl (C=O) groups excluding carboxylic acids is 1. The zero-order valence-electron chi connectivity index (χ0n) is 14.3. The van der Waals surface area contributed by atoms with Crippen LogP contribution in [0.25, 0.3) is 10.2 Å². The van der Waals surface area contributed by atoms with Crippen molar-refractivity contribution in [3.8, 4) is 0 Å².